The Bertz CT molecular complexity index is 790. The Labute approximate surface area is 159 Å². The minimum atomic E-state index is -0.283. The predicted molar refractivity (Wildman–Crippen MR) is 107 cm³/mol. The third kappa shape index (κ3) is 4.19. The number of hydrogen-bond donors (Lipinski definition) is 2. The van der Waals surface area contributed by atoms with Crippen LogP contribution in [0.25, 0.3) is 0 Å². The number of nitrogens with one attached hydrogen (secondary N) is 2. The molecule has 1 atom stereocenters. The van der Waals surface area contributed by atoms with Gasteiger partial charge in [-0.05, 0) is 68.5 Å². The van der Waals surface area contributed by atoms with Crippen LogP contribution in [0.4, 0.5) is 5.69 Å². The van der Waals surface area contributed by atoms with Crippen LogP contribution in [0.5, 0.6) is 17.2 Å². The van der Waals surface area contributed by atoms with Crippen LogP contribution >= 0.6 is 12.2 Å². The van der Waals surface area contributed by atoms with Crippen molar-refractivity contribution in [3.8, 4) is 17.2 Å². The zero-order valence-corrected chi connectivity index (χ0v) is 16.3. The molecule has 0 bridgehead atoms. The molecule has 2 N–H and O–H groups in total. The minimum absolute atomic E-state index is 0.0297. The van der Waals surface area contributed by atoms with E-state index < -0.39 is 0 Å². The van der Waals surface area contributed by atoms with E-state index in [1.807, 2.05) is 42.5 Å². The number of fused-ring (bicyclic) bond motifs is 1. The third-order valence-electron chi connectivity index (χ3n) is 4.33. The number of benzene rings is 2. The van der Waals surface area contributed by atoms with Gasteiger partial charge in [0.25, 0.3) is 0 Å². The van der Waals surface area contributed by atoms with Crippen molar-refractivity contribution in [1.29, 1.82) is 0 Å². The number of ether oxygens (including phenoxy) is 3. The molecular formula is C20H24N2O3S. The summed E-state index contributed by atoms with van der Waals surface area (Å²) in [5, 5.41) is 7.19. The average Bonchev–Trinajstić information content (AvgIpc) is 2.61. The van der Waals surface area contributed by atoms with E-state index in [4.69, 9.17) is 26.4 Å². The van der Waals surface area contributed by atoms with Crippen molar-refractivity contribution in [3.05, 3.63) is 48.0 Å². The smallest absolute Gasteiger partial charge is 0.171 e. The average molecular weight is 372 g/mol. The zero-order valence-electron chi connectivity index (χ0n) is 15.5. The minimum Gasteiger partial charge on any atom is -0.497 e. The first-order valence-electron chi connectivity index (χ1n) is 8.49. The molecule has 1 aliphatic heterocycles. The van der Waals surface area contributed by atoms with Gasteiger partial charge < -0.3 is 24.8 Å². The summed E-state index contributed by atoms with van der Waals surface area (Å²) < 4.78 is 16.6. The molecule has 3 rings (SSSR count). The van der Waals surface area contributed by atoms with Crippen molar-refractivity contribution in [2.75, 3.05) is 19.5 Å². The summed E-state index contributed by atoms with van der Waals surface area (Å²) in [6.07, 6.45) is 0.789. The monoisotopic (exact) mass is 372 g/mol. The number of rotatable bonds is 4. The summed E-state index contributed by atoms with van der Waals surface area (Å²) in [6, 6.07) is 13.5. The maximum Gasteiger partial charge on any atom is 0.171 e. The van der Waals surface area contributed by atoms with Gasteiger partial charge in [0.2, 0.25) is 0 Å². The number of hydrogen-bond acceptors (Lipinski definition) is 4. The Morgan fingerprint density at radius 3 is 2.38 bits per heavy atom. The highest BCUT2D eigenvalue weighted by Crippen LogP contribution is 2.41. The zero-order chi connectivity index (χ0) is 18.7. The highest BCUT2D eigenvalue weighted by molar-refractivity contribution is 7.80. The second-order valence-corrected chi connectivity index (χ2v) is 7.26. The molecule has 0 saturated carbocycles. The molecule has 1 aliphatic rings. The molecule has 2 aromatic rings. The molecule has 0 amide bonds. The molecule has 0 aliphatic carbocycles. The fraction of sp³-hybridized carbons (Fsp3) is 0.350. The lowest BCUT2D eigenvalue weighted by Gasteiger charge is -2.38. The highest BCUT2D eigenvalue weighted by Gasteiger charge is 2.34. The van der Waals surface area contributed by atoms with E-state index in [1.54, 1.807) is 14.2 Å². The molecule has 0 spiro atoms. The molecule has 2 aromatic carbocycles. The van der Waals surface area contributed by atoms with Gasteiger partial charge in [-0.2, -0.15) is 0 Å². The van der Waals surface area contributed by atoms with E-state index in [1.165, 1.54) is 0 Å². The molecule has 0 saturated heterocycles. The lowest BCUT2D eigenvalue weighted by Crippen LogP contribution is -2.42. The lowest BCUT2D eigenvalue weighted by molar-refractivity contribution is 0.0695. The second-order valence-electron chi connectivity index (χ2n) is 6.85. The number of methoxy groups -OCH3 is 2. The Hall–Kier alpha value is -2.47. The van der Waals surface area contributed by atoms with Gasteiger partial charge in [0.05, 0.1) is 20.3 Å². The van der Waals surface area contributed by atoms with Crippen molar-refractivity contribution in [2.24, 2.45) is 0 Å². The van der Waals surface area contributed by atoms with Gasteiger partial charge in [-0.15, -0.1) is 0 Å². The van der Waals surface area contributed by atoms with Gasteiger partial charge in [-0.25, -0.2) is 0 Å². The fourth-order valence-corrected chi connectivity index (χ4v) is 3.35. The van der Waals surface area contributed by atoms with Gasteiger partial charge in [0.15, 0.2) is 5.11 Å². The van der Waals surface area contributed by atoms with Crippen molar-refractivity contribution in [1.82, 2.24) is 5.32 Å². The molecular weight excluding hydrogens is 348 g/mol. The van der Waals surface area contributed by atoms with Gasteiger partial charge >= 0.3 is 0 Å². The Kier molecular flexibility index (Phi) is 5.23. The maximum atomic E-state index is 6.10. The number of anilines is 1. The first kappa shape index (κ1) is 18.3. The van der Waals surface area contributed by atoms with Gasteiger partial charge in [0.1, 0.15) is 22.8 Å². The van der Waals surface area contributed by atoms with E-state index in [-0.39, 0.29) is 11.6 Å². The van der Waals surface area contributed by atoms with Gasteiger partial charge in [0, 0.05) is 17.7 Å². The van der Waals surface area contributed by atoms with Gasteiger partial charge in [-0.1, -0.05) is 0 Å². The van der Waals surface area contributed by atoms with Crippen LogP contribution in [0.3, 0.4) is 0 Å². The first-order valence-corrected chi connectivity index (χ1v) is 8.89. The lowest BCUT2D eigenvalue weighted by atomic mass is 9.89. The molecule has 26 heavy (non-hydrogen) atoms. The van der Waals surface area contributed by atoms with Crippen LogP contribution in [0.15, 0.2) is 42.5 Å². The summed E-state index contributed by atoms with van der Waals surface area (Å²) in [6.45, 7) is 4.16. The molecule has 0 radical (unpaired) electrons. The van der Waals surface area contributed by atoms with E-state index >= 15 is 0 Å². The Morgan fingerprint density at radius 2 is 1.73 bits per heavy atom. The quantitative estimate of drug-likeness (QED) is 0.781. The van der Waals surface area contributed by atoms with Crippen molar-refractivity contribution >= 4 is 23.0 Å². The summed E-state index contributed by atoms with van der Waals surface area (Å²) in [4.78, 5) is 0. The van der Waals surface area contributed by atoms with Crippen LogP contribution < -0.4 is 24.8 Å². The SMILES string of the molecule is COc1ccc(NC(=S)NC2CC(C)(C)Oc3ccc(OC)cc32)cc1. The van der Waals surface area contributed by atoms with Crippen LogP contribution in [-0.4, -0.2) is 24.9 Å². The van der Waals surface area contributed by atoms with Crippen molar-refractivity contribution < 1.29 is 14.2 Å². The predicted octanol–water partition coefficient (Wildman–Crippen LogP) is 4.29. The van der Waals surface area contributed by atoms with Gasteiger partial charge in [-0.3, -0.25) is 0 Å². The summed E-state index contributed by atoms with van der Waals surface area (Å²) >= 11 is 5.52. The van der Waals surface area contributed by atoms with Crippen LogP contribution in [-0.2, 0) is 0 Å². The topological polar surface area (TPSA) is 51.8 Å². The molecule has 0 fully saturated rings. The Morgan fingerprint density at radius 1 is 1.08 bits per heavy atom. The number of thiocarbonyl (C=S) groups is 1. The molecule has 5 nitrogen and oxygen atoms in total. The summed E-state index contributed by atoms with van der Waals surface area (Å²) in [7, 11) is 3.31. The maximum absolute atomic E-state index is 6.10. The van der Waals surface area contributed by atoms with E-state index in [2.05, 4.69) is 24.5 Å². The van der Waals surface area contributed by atoms with Crippen molar-refractivity contribution in [2.45, 2.75) is 31.9 Å². The highest BCUT2D eigenvalue weighted by atomic mass is 32.1. The molecule has 6 heteroatoms. The summed E-state index contributed by atoms with van der Waals surface area (Å²) in [5.41, 5.74) is 1.66. The molecule has 1 unspecified atom stereocenters. The molecule has 1 heterocycles. The van der Waals surface area contributed by atoms with E-state index in [9.17, 15) is 0 Å². The van der Waals surface area contributed by atoms with E-state index in [0.29, 0.717) is 5.11 Å². The van der Waals surface area contributed by atoms with Crippen molar-refractivity contribution in [3.63, 3.8) is 0 Å². The fourth-order valence-electron chi connectivity index (χ4n) is 3.09. The normalized spacial score (nSPS) is 17.5. The largest absolute Gasteiger partial charge is 0.497 e. The second kappa shape index (κ2) is 7.41. The van der Waals surface area contributed by atoms with Crippen LogP contribution in [0, 0.1) is 0 Å². The third-order valence-corrected chi connectivity index (χ3v) is 4.55. The molecule has 0 aromatic heterocycles. The summed E-state index contributed by atoms with van der Waals surface area (Å²) in [5.74, 6) is 2.46. The molecule has 138 valence electrons. The first-order chi connectivity index (χ1) is 12.4. The van der Waals surface area contributed by atoms with Crippen LogP contribution in [0.2, 0.25) is 0 Å². The Balaban J connectivity index is 1.76. The van der Waals surface area contributed by atoms with Crippen LogP contribution in [0.1, 0.15) is 31.9 Å². The standard InChI is InChI=1S/C20H24N2O3S/c1-20(2)12-17(16-11-15(24-4)9-10-18(16)25-20)22-19(26)21-13-5-7-14(23-3)8-6-13/h5-11,17H,12H2,1-4H3,(H2,21,22,26). The van der Waals surface area contributed by atoms with E-state index in [0.717, 1.165) is 34.9 Å².